The van der Waals surface area contributed by atoms with Gasteiger partial charge in [0.05, 0.1) is 23.1 Å². The van der Waals surface area contributed by atoms with Crippen molar-refractivity contribution in [2.45, 2.75) is 0 Å². The zero-order chi connectivity index (χ0) is 24.9. The van der Waals surface area contributed by atoms with Gasteiger partial charge in [-0.1, -0.05) is 6.07 Å². The summed E-state index contributed by atoms with van der Waals surface area (Å²) in [6, 6.07) is 7.26. The molecule has 1 aliphatic rings. The van der Waals surface area contributed by atoms with E-state index in [1.807, 2.05) is 56.7 Å². The lowest BCUT2D eigenvalue weighted by Gasteiger charge is -2.12. The number of nitrogens with one attached hydrogen (secondary N) is 4. The van der Waals surface area contributed by atoms with Gasteiger partial charge in [-0.25, -0.2) is 4.79 Å². The first-order valence-corrected chi connectivity index (χ1v) is 11.0. The number of carbonyl (C=O) groups excluding carboxylic acids is 2. The average Bonchev–Trinajstić information content (AvgIpc) is 3.13. The molecule has 0 unspecified atom stereocenters. The van der Waals surface area contributed by atoms with Crippen molar-refractivity contribution in [1.29, 1.82) is 0 Å². The van der Waals surface area contributed by atoms with Crippen molar-refractivity contribution in [3.05, 3.63) is 78.2 Å². The maximum absolute atomic E-state index is 13.1. The normalized spacial score (nSPS) is 13.1. The summed E-state index contributed by atoms with van der Waals surface area (Å²) in [4.78, 5) is 32.9. The Kier molecular flexibility index (Phi) is 6.93. The average molecular weight is 473 g/mol. The van der Waals surface area contributed by atoms with Crippen molar-refractivity contribution in [1.82, 2.24) is 35.6 Å². The molecule has 3 amide bonds. The fourth-order valence-electron chi connectivity index (χ4n) is 3.58. The maximum Gasteiger partial charge on any atom is 0.321 e. The molecular weight excluding hydrogens is 444 g/mol. The van der Waals surface area contributed by atoms with Crippen LogP contribution in [-0.4, -0.2) is 71.7 Å². The fourth-order valence-corrected chi connectivity index (χ4v) is 3.58. The van der Waals surface area contributed by atoms with E-state index in [1.165, 1.54) is 4.90 Å². The number of hydrogen-bond acceptors (Lipinski definition) is 6. The van der Waals surface area contributed by atoms with E-state index in [9.17, 15) is 9.59 Å². The second-order valence-corrected chi connectivity index (χ2v) is 8.63. The molecule has 3 heterocycles. The smallest absolute Gasteiger partial charge is 0.321 e. The summed E-state index contributed by atoms with van der Waals surface area (Å²) in [5.74, 6) is -0.325. The zero-order valence-corrected chi connectivity index (χ0v) is 20.1. The minimum atomic E-state index is -0.325. The van der Waals surface area contributed by atoms with Crippen LogP contribution >= 0.6 is 0 Å². The summed E-state index contributed by atoms with van der Waals surface area (Å²) in [6.07, 6.45) is 10.7. The number of fused-ring (bicyclic) bond motifs is 1. The first-order valence-electron chi connectivity index (χ1n) is 11.0. The van der Waals surface area contributed by atoms with E-state index < -0.39 is 0 Å². The highest BCUT2D eigenvalue weighted by Gasteiger charge is 2.17. The molecule has 0 fully saturated rings. The number of allylic oxidation sites excluding steroid dienone is 1. The number of rotatable bonds is 6. The molecule has 10 heteroatoms. The van der Waals surface area contributed by atoms with Crippen LogP contribution in [0.4, 0.5) is 10.5 Å². The van der Waals surface area contributed by atoms with Crippen LogP contribution in [0.3, 0.4) is 0 Å². The van der Waals surface area contributed by atoms with E-state index in [0.717, 1.165) is 28.8 Å². The molecule has 0 radical (unpaired) electrons. The fraction of sp³-hybridized carbons (Fsp3) is 0.200. The van der Waals surface area contributed by atoms with E-state index in [4.69, 9.17) is 0 Å². The monoisotopic (exact) mass is 472 g/mol. The van der Waals surface area contributed by atoms with Gasteiger partial charge in [0, 0.05) is 50.2 Å². The SMILES string of the molecule is CN(C)CC1=CC(NC(=O)c2n[nH]c3ccc(-c4cncc(NC(=O)N(C)C)c4)cc23)=CNC=C1. The van der Waals surface area contributed by atoms with Crippen LogP contribution in [0.25, 0.3) is 22.0 Å². The molecule has 4 N–H and O–H groups in total. The van der Waals surface area contributed by atoms with Gasteiger partial charge >= 0.3 is 6.03 Å². The number of anilines is 1. The van der Waals surface area contributed by atoms with Gasteiger partial charge in [0.2, 0.25) is 0 Å². The van der Waals surface area contributed by atoms with Crippen LogP contribution in [-0.2, 0) is 0 Å². The molecular formula is C25H28N8O2. The number of amides is 3. The lowest BCUT2D eigenvalue weighted by molar-refractivity contribution is 0.0963. The number of hydrogen-bond donors (Lipinski definition) is 4. The van der Waals surface area contributed by atoms with Gasteiger partial charge in [0.15, 0.2) is 5.69 Å². The van der Waals surface area contributed by atoms with Crippen molar-refractivity contribution >= 4 is 28.5 Å². The van der Waals surface area contributed by atoms with Crippen LogP contribution in [0.1, 0.15) is 10.5 Å². The minimum Gasteiger partial charge on any atom is -0.366 e. The van der Waals surface area contributed by atoms with Crippen LogP contribution in [0, 0.1) is 0 Å². The van der Waals surface area contributed by atoms with Gasteiger partial charge in [-0.15, -0.1) is 0 Å². The van der Waals surface area contributed by atoms with E-state index in [2.05, 4.69) is 36.0 Å². The zero-order valence-electron chi connectivity index (χ0n) is 20.1. The number of aromatic nitrogens is 3. The Bertz CT molecular complexity index is 1350. The molecule has 180 valence electrons. The van der Waals surface area contributed by atoms with Crippen LogP contribution in [0.2, 0.25) is 0 Å². The number of pyridine rings is 1. The summed E-state index contributed by atoms with van der Waals surface area (Å²) in [5, 5.41) is 16.6. The first kappa shape index (κ1) is 23.7. The van der Waals surface area contributed by atoms with Crippen LogP contribution < -0.4 is 16.0 Å². The predicted molar refractivity (Wildman–Crippen MR) is 136 cm³/mol. The molecule has 4 rings (SSSR count). The molecule has 2 aromatic heterocycles. The molecule has 3 aromatic rings. The topological polar surface area (TPSA) is 118 Å². The van der Waals surface area contributed by atoms with Crippen molar-refractivity contribution in [3.63, 3.8) is 0 Å². The molecule has 0 aliphatic carbocycles. The largest absolute Gasteiger partial charge is 0.366 e. The molecule has 0 atom stereocenters. The van der Waals surface area contributed by atoms with Gasteiger partial charge in [-0.2, -0.15) is 5.10 Å². The Morgan fingerprint density at radius 1 is 1.03 bits per heavy atom. The predicted octanol–water partition coefficient (Wildman–Crippen LogP) is 2.89. The highest BCUT2D eigenvalue weighted by atomic mass is 16.2. The van der Waals surface area contributed by atoms with Crippen molar-refractivity contribution in [2.75, 3.05) is 40.1 Å². The van der Waals surface area contributed by atoms with Gasteiger partial charge in [-0.3, -0.25) is 14.9 Å². The highest BCUT2D eigenvalue weighted by molar-refractivity contribution is 6.06. The van der Waals surface area contributed by atoms with Gasteiger partial charge in [-0.05, 0) is 55.6 Å². The standard InChI is InChI=1S/C25H28N8O2/c1-32(2)15-16-7-8-26-13-19(9-16)28-24(34)23-21-11-17(5-6-22(21)30-31-23)18-10-20(14-27-12-18)29-25(35)33(3)4/h5-14,26H,15H2,1-4H3,(H,28,34)(H,29,35)(H,30,31). The third-order valence-electron chi connectivity index (χ3n) is 5.24. The summed E-state index contributed by atoms with van der Waals surface area (Å²) in [6.45, 7) is 0.738. The minimum absolute atomic E-state index is 0.242. The molecule has 1 aliphatic heterocycles. The summed E-state index contributed by atoms with van der Waals surface area (Å²) in [5.41, 5.74) is 4.93. The number of carbonyl (C=O) groups is 2. The number of H-pyrrole nitrogens is 1. The Labute approximate surface area is 203 Å². The van der Waals surface area contributed by atoms with Crippen molar-refractivity contribution < 1.29 is 9.59 Å². The van der Waals surface area contributed by atoms with E-state index in [0.29, 0.717) is 16.8 Å². The first-order chi connectivity index (χ1) is 16.8. The molecule has 10 nitrogen and oxygen atoms in total. The Balaban J connectivity index is 1.59. The number of urea groups is 1. The molecule has 0 bridgehead atoms. The molecule has 0 spiro atoms. The molecule has 0 saturated carbocycles. The highest BCUT2D eigenvalue weighted by Crippen LogP contribution is 2.27. The third-order valence-corrected chi connectivity index (χ3v) is 5.24. The van der Waals surface area contributed by atoms with Crippen LogP contribution in [0.5, 0.6) is 0 Å². The van der Waals surface area contributed by atoms with Gasteiger partial charge < -0.3 is 25.8 Å². The summed E-state index contributed by atoms with van der Waals surface area (Å²) in [7, 11) is 7.32. The third kappa shape index (κ3) is 5.74. The number of nitrogens with zero attached hydrogens (tertiary/aromatic N) is 4. The molecule has 0 saturated heterocycles. The Morgan fingerprint density at radius 2 is 1.86 bits per heavy atom. The van der Waals surface area contributed by atoms with Gasteiger partial charge in [0.1, 0.15) is 0 Å². The maximum atomic E-state index is 13.1. The van der Waals surface area contributed by atoms with E-state index >= 15 is 0 Å². The van der Waals surface area contributed by atoms with Crippen molar-refractivity contribution in [3.8, 4) is 11.1 Å². The Morgan fingerprint density at radius 3 is 2.63 bits per heavy atom. The summed E-state index contributed by atoms with van der Waals surface area (Å²) >= 11 is 0. The quantitative estimate of drug-likeness (QED) is 0.438. The molecule has 35 heavy (non-hydrogen) atoms. The van der Waals surface area contributed by atoms with Crippen molar-refractivity contribution in [2.24, 2.45) is 0 Å². The number of benzene rings is 1. The lowest BCUT2D eigenvalue weighted by Crippen LogP contribution is -2.27. The second-order valence-electron chi connectivity index (χ2n) is 8.63. The summed E-state index contributed by atoms with van der Waals surface area (Å²) < 4.78 is 0. The molecule has 1 aromatic carbocycles. The second kappa shape index (κ2) is 10.2. The van der Waals surface area contributed by atoms with Gasteiger partial charge in [0.25, 0.3) is 5.91 Å². The van der Waals surface area contributed by atoms with E-state index in [1.54, 1.807) is 32.7 Å². The number of aromatic amines is 1. The Hall–Kier alpha value is -4.44. The lowest BCUT2D eigenvalue weighted by atomic mass is 10.0. The van der Waals surface area contributed by atoms with Crippen LogP contribution in [0.15, 0.2) is 72.5 Å². The van der Waals surface area contributed by atoms with E-state index in [-0.39, 0.29) is 17.6 Å². The number of likely N-dealkylation sites (N-methyl/N-ethyl adjacent to an activating group) is 1.